The molecule has 2 aromatic rings. The van der Waals surface area contributed by atoms with Crippen molar-refractivity contribution < 1.29 is 23.8 Å². The highest BCUT2D eigenvalue weighted by atomic mass is 16.7. The van der Waals surface area contributed by atoms with Crippen molar-refractivity contribution in [1.82, 2.24) is 5.32 Å². The number of rotatable bonds is 5. The summed E-state index contributed by atoms with van der Waals surface area (Å²) in [6.45, 7) is 1.17. The summed E-state index contributed by atoms with van der Waals surface area (Å²) in [4.78, 5) is 25.8. The number of ether oxygens (including phenoxy) is 3. The monoisotopic (exact) mass is 369 g/mol. The van der Waals surface area contributed by atoms with Crippen LogP contribution >= 0.6 is 0 Å². The van der Waals surface area contributed by atoms with E-state index in [0.29, 0.717) is 48.2 Å². The SMILES string of the molecule is CN1CC(=O)Nc2cc(C(=O)NCCOc3ccc4c(c3)OCO4)ccc21. The van der Waals surface area contributed by atoms with Gasteiger partial charge in [0.15, 0.2) is 11.5 Å². The van der Waals surface area contributed by atoms with Gasteiger partial charge < -0.3 is 29.7 Å². The average Bonchev–Trinajstić information content (AvgIpc) is 3.12. The Morgan fingerprint density at radius 2 is 2.07 bits per heavy atom. The topological polar surface area (TPSA) is 89.1 Å². The number of nitrogens with zero attached hydrogens (tertiary/aromatic N) is 1. The van der Waals surface area contributed by atoms with E-state index in [1.165, 1.54) is 0 Å². The Bertz CT molecular complexity index is 899. The number of hydrogen-bond donors (Lipinski definition) is 2. The number of benzene rings is 2. The summed E-state index contributed by atoms with van der Waals surface area (Å²) in [5, 5.41) is 5.59. The molecule has 8 heteroatoms. The molecule has 0 saturated heterocycles. The molecule has 0 atom stereocenters. The summed E-state index contributed by atoms with van der Waals surface area (Å²) in [7, 11) is 1.84. The Kier molecular flexibility index (Phi) is 4.45. The Morgan fingerprint density at radius 3 is 2.96 bits per heavy atom. The van der Waals surface area contributed by atoms with Gasteiger partial charge in [0.05, 0.1) is 24.5 Å². The minimum absolute atomic E-state index is 0.0975. The Labute approximate surface area is 156 Å². The second kappa shape index (κ2) is 7.06. The molecule has 0 radical (unpaired) electrons. The zero-order valence-corrected chi connectivity index (χ0v) is 14.8. The summed E-state index contributed by atoms with van der Waals surface area (Å²) >= 11 is 0. The van der Waals surface area contributed by atoms with Gasteiger partial charge in [-0.05, 0) is 30.3 Å². The number of nitrogens with one attached hydrogen (secondary N) is 2. The van der Waals surface area contributed by atoms with E-state index in [1.54, 1.807) is 30.3 Å². The summed E-state index contributed by atoms with van der Waals surface area (Å²) in [5.41, 5.74) is 2.00. The van der Waals surface area contributed by atoms with Crippen LogP contribution in [0.25, 0.3) is 0 Å². The van der Waals surface area contributed by atoms with Gasteiger partial charge in [-0.25, -0.2) is 0 Å². The van der Waals surface area contributed by atoms with Crippen LogP contribution in [0.2, 0.25) is 0 Å². The summed E-state index contributed by atoms with van der Waals surface area (Å²) < 4.78 is 16.2. The standard InChI is InChI=1S/C19H19N3O5/c1-22-10-18(23)21-14-8-12(2-4-15(14)22)19(24)20-6-7-25-13-3-5-16-17(9-13)27-11-26-16/h2-5,8-9H,6-7,10-11H2,1H3,(H,20,24)(H,21,23). The van der Waals surface area contributed by atoms with Crippen molar-refractivity contribution >= 4 is 23.2 Å². The van der Waals surface area contributed by atoms with E-state index >= 15 is 0 Å². The molecule has 27 heavy (non-hydrogen) atoms. The molecule has 0 saturated carbocycles. The van der Waals surface area contributed by atoms with E-state index < -0.39 is 0 Å². The summed E-state index contributed by atoms with van der Waals surface area (Å²) in [5.74, 6) is 1.67. The van der Waals surface area contributed by atoms with Gasteiger partial charge in [-0.1, -0.05) is 0 Å². The zero-order chi connectivity index (χ0) is 18.8. The third kappa shape index (κ3) is 3.59. The predicted molar refractivity (Wildman–Crippen MR) is 98.7 cm³/mol. The minimum Gasteiger partial charge on any atom is -0.492 e. The molecule has 0 aromatic heterocycles. The molecule has 0 fully saturated rings. The van der Waals surface area contributed by atoms with Crippen LogP contribution in [0.5, 0.6) is 17.2 Å². The van der Waals surface area contributed by atoms with Crippen LogP contribution in [0.4, 0.5) is 11.4 Å². The van der Waals surface area contributed by atoms with Gasteiger partial charge in [-0.15, -0.1) is 0 Å². The van der Waals surface area contributed by atoms with Crippen LogP contribution in [-0.2, 0) is 4.79 Å². The van der Waals surface area contributed by atoms with Gasteiger partial charge >= 0.3 is 0 Å². The van der Waals surface area contributed by atoms with E-state index in [2.05, 4.69) is 10.6 Å². The quantitative estimate of drug-likeness (QED) is 0.779. The number of carbonyl (C=O) groups excluding carboxylic acids is 2. The molecule has 140 valence electrons. The number of fused-ring (bicyclic) bond motifs is 2. The van der Waals surface area contributed by atoms with Crippen molar-refractivity contribution in [3.8, 4) is 17.2 Å². The van der Waals surface area contributed by atoms with Crippen LogP contribution in [0.1, 0.15) is 10.4 Å². The predicted octanol–water partition coefficient (Wildman–Crippen LogP) is 1.61. The molecule has 0 spiro atoms. The van der Waals surface area contributed by atoms with Crippen LogP contribution in [0, 0.1) is 0 Å². The highest BCUT2D eigenvalue weighted by Gasteiger charge is 2.20. The lowest BCUT2D eigenvalue weighted by molar-refractivity contribution is -0.115. The Morgan fingerprint density at radius 1 is 1.22 bits per heavy atom. The number of likely N-dealkylation sites (N-methyl/N-ethyl adjacent to an activating group) is 1. The van der Waals surface area contributed by atoms with Gasteiger partial charge in [0.2, 0.25) is 12.7 Å². The molecule has 0 aliphatic carbocycles. The maximum Gasteiger partial charge on any atom is 0.251 e. The molecule has 2 amide bonds. The fourth-order valence-corrected chi connectivity index (χ4v) is 3.00. The van der Waals surface area contributed by atoms with Crippen molar-refractivity contribution in [3.63, 3.8) is 0 Å². The van der Waals surface area contributed by atoms with Gasteiger partial charge in [0, 0.05) is 18.7 Å². The molecule has 2 aliphatic heterocycles. The van der Waals surface area contributed by atoms with E-state index in [-0.39, 0.29) is 18.6 Å². The van der Waals surface area contributed by atoms with Crippen LogP contribution in [0.15, 0.2) is 36.4 Å². The van der Waals surface area contributed by atoms with Crippen molar-refractivity contribution in [2.24, 2.45) is 0 Å². The number of hydrogen-bond acceptors (Lipinski definition) is 6. The molecular formula is C19H19N3O5. The molecule has 4 rings (SSSR count). The van der Waals surface area contributed by atoms with Gasteiger partial charge in [0.25, 0.3) is 5.91 Å². The second-order valence-corrected chi connectivity index (χ2v) is 6.26. The van der Waals surface area contributed by atoms with E-state index in [9.17, 15) is 9.59 Å². The van der Waals surface area contributed by atoms with E-state index in [0.717, 1.165) is 5.69 Å². The summed E-state index contributed by atoms with van der Waals surface area (Å²) in [6.07, 6.45) is 0. The first-order chi connectivity index (χ1) is 13.1. The lowest BCUT2D eigenvalue weighted by Gasteiger charge is -2.27. The van der Waals surface area contributed by atoms with E-state index in [1.807, 2.05) is 18.0 Å². The molecule has 8 nitrogen and oxygen atoms in total. The maximum atomic E-state index is 12.3. The lowest BCUT2D eigenvalue weighted by Crippen LogP contribution is -2.35. The summed E-state index contributed by atoms with van der Waals surface area (Å²) in [6, 6.07) is 10.6. The first kappa shape index (κ1) is 17.0. The first-order valence-corrected chi connectivity index (χ1v) is 8.56. The highest BCUT2D eigenvalue weighted by Crippen LogP contribution is 2.35. The third-order valence-electron chi connectivity index (χ3n) is 4.33. The van der Waals surface area contributed by atoms with Gasteiger partial charge in [-0.3, -0.25) is 9.59 Å². The Hall–Kier alpha value is -3.42. The highest BCUT2D eigenvalue weighted by molar-refractivity contribution is 6.03. The third-order valence-corrected chi connectivity index (χ3v) is 4.33. The minimum atomic E-state index is -0.227. The molecule has 2 heterocycles. The van der Waals surface area contributed by atoms with Crippen molar-refractivity contribution in [2.45, 2.75) is 0 Å². The van der Waals surface area contributed by atoms with Gasteiger partial charge in [0.1, 0.15) is 12.4 Å². The van der Waals surface area contributed by atoms with Crippen molar-refractivity contribution in [2.75, 3.05) is 43.8 Å². The molecule has 0 bridgehead atoms. The molecule has 2 aliphatic rings. The molecular weight excluding hydrogens is 350 g/mol. The van der Waals surface area contributed by atoms with Crippen LogP contribution in [-0.4, -0.2) is 45.4 Å². The normalized spacial score (nSPS) is 14.4. The molecule has 2 N–H and O–H groups in total. The second-order valence-electron chi connectivity index (χ2n) is 6.26. The van der Waals surface area contributed by atoms with E-state index in [4.69, 9.17) is 14.2 Å². The fourth-order valence-electron chi connectivity index (χ4n) is 3.00. The number of anilines is 2. The zero-order valence-electron chi connectivity index (χ0n) is 14.8. The van der Waals surface area contributed by atoms with Gasteiger partial charge in [-0.2, -0.15) is 0 Å². The smallest absolute Gasteiger partial charge is 0.251 e. The number of carbonyl (C=O) groups is 2. The van der Waals surface area contributed by atoms with Crippen LogP contribution < -0.4 is 29.7 Å². The average molecular weight is 369 g/mol. The lowest BCUT2D eigenvalue weighted by atomic mass is 10.1. The van der Waals surface area contributed by atoms with Crippen molar-refractivity contribution in [1.29, 1.82) is 0 Å². The largest absolute Gasteiger partial charge is 0.492 e. The molecule has 2 aromatic carbocycles. The van der Waals surface area contributed by atoms with Crippen molar-refractivity contribution in [3.05, 3.63) is 42.0 Å². The maximum absolute atomic E-state index is 12.3. The Balaban J connectivity index is 1.31. The first-order valence-electron chi connectivity index (χ1n) is 8.56. The molecule has 0 unspecified atom stereocenters. The fraction of sp³-hybridized carbons (Fsp3) is 0.263. The number of amides is 2. The van der Waals surface area contributed by atoms with Crippen LogP contribution in [0.3, 0.4) is 0 Å².